The zero-order valence-corrected chi connectivity index (χ0v) is 32.7. The molecule has 0 radical (unpaired) electrons. The first-order chi connectivity index (χ1) is 30.2. The zero-order chi connectivity index (χ0) is 40.6. The monoisotopic (exact) mass is 776 g/mol. The smallest absolute Gasteiger partial charge is 0.0992 e. The van der Waals surface area contributed by atoms with Crippen LogP contribution in [0.5, 0.6) is 0 Å². The van der Waals surface area contributed by atoms with E-state index in [4.69, 9.17) is 4.98 Å². The number of nitriles is 2. The van der Waals surface area contributed by atoms with E-state index in [1.807, 2.05) is 36.7 Å². The van der Waals surface area contributed by atoms with Crippen LogP contribution in [0.15, 0.2) is 194 Å². The van der Waals surface area contributed by atoms with E-state index in [0.717, 1.165) is 105 Å². The molecule has 6 nitrogen and oxygen atoms in total. The Morgan fingerprint density at radius 1 is 0.344 bits per heavy atom. The number of rotatable bonds is 5. The quantitative estimate of drug-likeness (QED) is 0.175. The van der Waals surface area contributed by atoms with E-state index in [-0.39, 0.29) is 0 Å². The van der Waals surface area contributed by atoms with Gasteiger partial charge in [0.2, 0.25) is 0 Å². The molecular formula is C55H32N6. The highest BCUT2D eigenvalue weighted by Crippen LogP contribution is 2.43. The van der Waals surface area contributed by atoms with Crippen molar-refractivity contribution in [1.82, 2.24) is 18.7 Å². The molecule has 0 atom stereocenters. The molecule has 0 saturated carbocycles. The van der Waals surface area contributed by atoms with E-state index >= 15 is 0 Å². The Morgan fingerprint density at radius 2 is 0.639 bits per heavy atom. The molecule has 0 bridgehead atoms. The summed E-state index contributed by atoms with van der Waals surface area (Å²) in [4.78, 5) is 4.97. The summed E-state index contributed by atoms with van der Waals surface area (Å²) < 4.78 is 6.83. The summed E-state index contributed by atoms with van der Waals surface area (Å²) in [6.45, 7) is 0. The molecule has 8 aromatic carbocycles. The highest BCUT2D eigenvalue weighted by molar-refractivity contribution is 6.12. The number of nitrogens with zero attached hydrogens (tertiary/aromatic N) is 6. The molecule has 61 heavy (non-hydrogen) atoms. The first-order valence-electron chi connectivity index (χ1n) is 20.2. The lowest BCUT2D eigenvalue weighted by molar-refractivity contribution is 1.15. The van der Waals surface area contributed by atoms with Crippen LogP contribution in [0.1, 0.15) is 11.1 Å². The van der Waals surface area contributed by atoms with Gasteiger partial charge in [-0.3, -0.25) is 4.98 Å². The zero-order valence-electron chi connectivity index (χ0n) is 32.7. The molecule has 0 amide bonds. The summed E-state index contributed by atoms with van der Waals surface area (Å²) in [6.07, 6.45) is 3.83. The molecule has 4 heterocycles. The van der Waals surface area contributed by atoms with Crippen molar-refractivity contribution in [1.29, 1.82) is 10.5 Å². The second-order valence-corrected chi connectivity index (χ2v) is 15.5. The molecule has 0 saturated heterocycles. The van der Waals surface area contributed by atoms with Crippen LogP contribution in [-0.4, -0.2) is 18.7 Å². The topological polar surface area (TPSA) is 75.3 Å². The van der Waals surface area contributed by atoms with Gasteiger partial charge in [0.25, 0.3) is 0 Å². The first kappa shape index (κ1) is 34.3. The van der Waals surface area contributed by atoms with Gasteiger partial charge in [0, 0.05) is 67.2 Å². The molecule has 0 fully saturated rings. The van der Waals surface area contributed by atoms with Gasteiger partial charge in [-0.2, -0.15) is 10.5 Å². The Hall–Kier alpha value is -8.71. The van der Waals surface area contributed by atoms with Crippen molar-refractivity contribution >= 4 is 65.4 Å². The van der Waals surface area contributed by atoms with Gasteiger partial charge in [-0.25, -0.2) is 0 Å². The second-order valence-electron chi connectivity index (χ2n) is 15.5. The molecule has 0 aliphatic rings. The minimum Gasteiger partial charge on any atom is -0.309 e. The minimum absolute atomic E-state index is 0.535. The lowest BCUT2D eigenvalue weighted by atomic mass is 9.95. The Bertz CT molecular complexity index is 3510. The molecule has 6 heteroatoms. The third-order valence-electron chi connectivity index (χ3n) is 12.1. The van der Waals surface area contributed by atoms with Gasteiger partial charge in [-0.05, 0) is 83.9 Å². The fourth-order valence-electron chi connectivity index (χ4n) is 9.60. The molecule has 0 N–H and O–H groups in total. The van der Waals surface area contributed by atoms with Crippen molar-refractivity contribution < 1.29 is 0 Å². The van der Waals surface area contributed by atoms with Crippen LogP contribution in [0.2, 0.25) is 0 Å². The van der Waals surface area contributed by atoms with E-state index in [1.54, 1.807) is 0 Å². The Labute approximate surface area is 350 Å². The minimum atomic E-state index is 0.535. The second kappa shape index (κ2) is 13.4. The maximum atomic E-state index is 10.6. The number of pyridine rings is 1. The van der Waals surface area contributed by atoms with Gasteiger partial charge in [0.1, 0.15) is 0 Å². The molecule has 0 unspecified atom stereocenters. The fraction of sp³-hybridized carbons (Fsp3) is 0. The maximum absolute atomic E-state index is 10.6. The normalized spacial score (nSPS) is 11.6. The highest BCUT2D eigenvalue weighted by Gasteiger charge is 2.23. The van der Waals surface area contributed by atoms with E-state index in [2.05, 4.69) is 184 Å². The molecular weight excluding hydrogens is 745 g/mol. The van der Waals surface area contributed by atoms with Crippen LogP contribution in [0.25, 0.3) is 105 Å². The van der Waals surface area contributed by atoms with Gasteiger partial charge < -0.3 is 13.7 Å². The Balaban J connectivity index is 1.18. The summed E-state index contributed by atoms with van der Waals surface area (Å²) in [6, 6.07) is 67.8. The number of hydrogen-bond donors (Lipinski definition) is 0. The van der Waals surface area contributed by atoms with E-state index in [9.17, 15) is 10.5 Å². The Morgan fingerprint density at radius 3 is 0.951 bits per heavy atom. The molecule has 0 spiro atoms. The van der Waals surface area contributed by atoms with Crippen molar-refractivity contribution in [3.63, 3.8) is 0 Å². The van der Waals surface area contributed by atoms with Crippen molar-refractivity contribution in [2.75, 3.05) is 0 Å². The average molecular weight is 777 g/mol. The average Bonchev–Trinajstić information content (AvgIpc) is 3.97. The maximum Gasteiger partial charge on any atom is 0.0992 e. The number of para-hydroxylation sites is 6. The number of aromatic nitrogens is 4. The van der Waals surface area contributed by atoms with Crippen LogP contribution >= 0.6 is 0 Å². The summed E-state index contributed by atoms with van der Waals surface area (Å²) in [7, 11) is 0. The van der Waals surface area contributed by atoms with Crippen molar-refractivity contribution in [2.24, 2.45) is 0 Å². The number of fused-ring (bicyclic) bond motifs is 9. The standard InChI is InChI=1S/C55H32N6/c56-31-35-25-37(29-39(27-35)59-49-19-7-1-13-41(49)42-14-2-8-20-50(42)59)47-33-58-34-48(55(47)61-53-23-11-5-17-45(53)46-18-6-12-24-54(46)61)38-26-36(32-57)28-40(30-38)60-51-21-9-3-15-43(51)44-16-4-10-22-52(44)60/h1-30,33-34H. The molecule has 4 aromatic heterocycles. The van der Waals surface area contributed by atoms with E-state index < -0.39 is 0 Å². The largest absolute Gasteiger partial charge is 0.309 e. The van der Waals surface area contributed by atoms with Crippen LogP contribution in [0, 0.1) is 22.7 Å². The van der Waals surface area contributed by atoms with Crippen LogP contribution in [0.3, 0.4) is 0 Å². The predicted molar refractivity (Wildman–Crippen MR) is 248 cm³/mol. The summed E-state index contributed by atoms with van der Waals surface area (Å²) in [5.74, 6) is 0. The van der Waals surface area contributed by atoms with Crippen molar-refractivity contribution in [3.05, 3.63) is 206 Å². The summed E-state index contributed by atoms with van der Waals surface area (Å²) in [5.41, 5.74) is 13.4. The van der Waals surface area contributed by atoms with Gasteiger partial charge in [0.05, 0.1) is 62.1 Å². The van der Waals surface area contributed by atoms with Crippen molar-refractivity contribution in [3.8, 4) is 51.5 Å². The number of hydrogen-bond acceptors (Lipinski definition) is 3. The highest BCUT2D eigenvalue weighted by atomic mass is 15.0. The predicted octanol–water partition coefficient (Wildman–Crippen LogP) is 13.5. The lowest BCUT2D eigenvalue weighted by Gasteiger charge is -2.20. The SMILES string of the molecule is N#Cc1cc(-c2cncc(-c3cc(C#N)cc(-n4c5ccccc5c5ccccc54)c3)c2-n2c3ccccc3c3ccccc32)cc(-n2c3ccccc3c3ccccc32)c1. The lowest BCUT2D eigenvalue weighted by Crippen LogP contribution is -2.03. The summed E-state index contributed by atoms with van der Waals surface area (Å²) >= 11 is 0. The third-order valence-corrected chi connectivity index (χ3v) is 12.1. The molecule has 0 aliphatic carbocycles. The fourth-order valence-corrected chi connectivity index (χ4v) is 9.60. The Kier molecular flexibility index (Phi) is 7.56. The van der Waals surface area contributed by atoms with Crippen LogP contribution in [0.4, 0.5) is 0 Å². The van der Waals surface area contributed by atoms with Crippen LogP contribution in [-0.2, 0) is 0 Å². The molecule has 12 rings (SSSR count). The van der Waals surface area contributed by atoms with Crippen molar-refractivity contribution in [2.45, 2.75) is 0 Å². The van der Waals surface area contributed by atoms with Gasteiger partial charge in [-0.15, -0.1) is 0 Å². The number of benzene rings is 8. The first-order valence-corrected chi connectivity index (χ1v) is 20.2. The van der Waals surface area contributed by atoms with Crippen LogP contribution < -0.4 is 0 Å². The molecule has 0 aliphatic heterocycles. The van der Waals surface area contributed by atoms with Gasteiger partial charge in [0.15, 0.2) is 0 Å². The van der Waals surface area contributed by atoms with Gasteiger partial charge >= 0.3 is 0 Å². The van der Waals surface area contributed by atoms with E-state index in [0.29, 0.717) is 11.1 Å². The van der Waals surface area contributed by atoms with Gasteiger partial charge in [-0.1, -0.05) is 109 Å². The van der Waals surface area contributed by atoms with E-state index in [1.165, 1.54) is 0 Å². The molecule has 282 valence electrons. The third kappa shape index (κ3) is 5.17. The molecule has 12 aromatic rings. The summed E-state index contributed by atoms with van der Waals surface area (Å²) in [5, 5.41) is 28.1.